The van der Waals surface area contributed by atoms with Gasteiger partial charge in [0.25, 0.3) is 0 Å². The first-order chi connectivity index (χ1) is 8.16. The zero-order valence-corrected chi connectivity index (χ0v) is 13.0. The molecule has 0 spiro atoms. The minimum Gasteiger partial charge on any atom is -0.378 e. The molecule has 0 heterocycles. The third kappa shape index (κ3) is 3.90. The molecule has 17 heavy (non-hydrogen) atoms. The fourth-order valence-corrected chi connectivity index (χ4v) is 2.27. The maximum Gasteiger partial charge on any atom is 0.0733 e. The first-order valence-electron chi connectivity index (χ1n) is 5.62. The largest absolute Gasteiger partial charge is 0.378 e. The molecule has 1 rings (SSSR count). The van der Waals surface area contributed by atoms with E-state index in [4.69, 9.17) is 14.4 Å². The smallest absolute Gasteiger partial charge is 0.0733 e. The molecule has 1 unspecified atom stereocenters. The van der Waals surface area contributed by atoms with E-state index >= 15 is 0 Å². The normalized spacial score (nSPS) is 15.1. The molecule has 0 aliphatic rings. The van der Waals surface area contributed by atoms with E-state index in [-0.39, 0.29) is 5.22 Å². The molecule has 5 heteroatoms. The molecule has 1 aromatic carbocycles. The van der Waals surface area contributed by atoms with Crippen molar-refractivity contribution in [3.63, 3.8) is 0 Å². The Morgan fingerprint density at radius 1 is 1.12 bits per heavy atom. The summed E-state index contributed by atoms with van der Waals surface area (Å²) in [5, 5.41) is 1.26. The van der Waals surface area contributed by atoms with Crippen LogP contribution in [-0.2, 0) is 19.6 Å². The topological polar surface area (TPSA) is 30.9 Å². The van der Waals surface area contributed by atoms with Gasteiger partial charge in [-0.05, 0) is 12.0 Å². The van der Waals surface area contributed by atoms with Gasteiger partial charge < -0.3 is 4.74 Å². The number of benzene rings is 1. The van der Waals surface area contributed by atoms with Gasteiger partial charge in [-0.2, -0.15) is 0 Å². The fourth-order valence-electron chi connectivity index (χ4n) is 1.72. The zero-order chi connectivity index (χ0) is 12.7. The van der Waals surface area contributed by atoms with Gasteiger partial charge in [-0.25, -0.2) is 0 Å². The molecule has 1 aromatic rings. The van der Waals surface area contributed by atoms with Crippen LogP contribution in [0.4, 0.5) is 0 Å². The number of ether oxygens (including phenoxy) is 1. The molecular weight excluding hydrogens is 234 g/mol. The lowest BCUT2D eigenvalue weighted by Crippen LogP contribution is -2.34. The van der Waals surface area contributed by atoms with Crippen molar-refractivity contribution in [2.24, 2.45) is 0 Å². The van der Waals surface area contributed by atoms with Gasteiger partial charge in [0.05, 0.1) is 26.0 Å². The number of methoxy groups -OCH3 is 1. The third-order valence-electron chi connectivity index (χ3n) is 3.01. The Balaban J connectivity index is 2.69. The Bertz CT molecular complexity index is 319. The van der Waals surface area contributed by atoms with Crippen molar-refractivity contribution in [3.8, 4) is 0 Å². The van der Waals surface area contributed by atoms with Crippen LogP contribution in [0, 0.1) is 0 Å². The van der Waals surface area contributed by atoms with Crippen molar-refractivity contribution < 1.29 is 14.4 Å². The summed E-state index contributed by atoms with van der Waals surface area (Å²) in [5.74, 6) is 0. The molecule has 0 aliphatic carbocycles. The maximum absolute atomic E-state index is 5.69. The van der Waals surface area contributed by atoms with Gasteiger partial charge in [0, 0.05) is 17.4 Å². The van der Waals surface area contributed by atoms with Crippen LogP contribution >= 0.6 is 0 Å². The molecule has 0 amide bonds. The van der Waals surface area contributed by atoms with Crippen molar-refractivity contribution in [3.05, 3.63) is 35.9 Å². The highest BCUT2D eigenvalue weighted by atomic mass is 28.1. The molecule has 4 nitrogen and oxygen atoms in total. The summed E-state index contributed by atoms with van der Waals surface area (Å²) >= 11 is 0. The third-order valence-corrected chi connectivity index (χ3v) is 4.50. The predicted molar refractivity (Wildman–Crippen MR) is 70.4 cm³/mol. The van der Waals surface area contributed by atoms with Crippen LogP contribution in [0.5, 0.6) is 0 Å². The zero-order valence-electron chi connectivity index (χ0n) is 11.0. The van der Waals surface area contributed by atoms with Gasteiger partial charge in [0.1, 0.15) is 0 Å². The molecule has 0 aromatic heterocycles. The van der Waals surface area contributed by atoms with E-state index in [0.29, 0.717) is 6.54 Å². The van der Waals surface area contributed by atoms with E-state index in [1.54, 1.807) is 21.3 Å². The molecule has 0 saturated carbocycles. The molecule has 0 saturated heterocycles. The van der Waals surface area contributed by atoms with E-state index in [1.807, 2.05) is 18.2 Å². The minimum absolute atomic E-state index is 0.198. The Hall–Kier alpha value is -0.723. The van der Waals surface area contributed by atoms with Gasteiger partial charge >= 0.3 is 0 Å². The molecular formula is C12H21NO3Si. The summed E-state index contributed by atoms with van der Waals surface area (Å²) < 4.78 is 5.69. The van der Waals surface area contributed by atoms with Gasteiger partial charge in [-0.3, -0.25) is 9.68 Å². The first kappa shape index (κ1) is 14.3. The Morgan fingerprint density at radius 2 is 1.71 bits per heavy atom. The molecule has 0 radical (unpaired) electrons. The lowest BCUT2D eigenvalue weighted by molar-refractivity contribution is -0.344. The average molecular weight is 255 g/mol. The maximum atomic E-state index is 5.69. The van der Waals surface area contributed by atoms with Crippen LogP contribution in [-0.4, -0.2) is 43.3 Å². The van der Waals surface area contributed by atoms with Crippen LogP contribution in [0.15, 0.2) is 30.3 Å². The van der Waals surface area contributed by atoms with Crippen molar-refractivity contribution in [2.45, 2.75) is 11.6 Å². The summed E-state index contributed by atoms with van der Waals surface area (Å²) in [6.45, 7) is 0.666. The minimum atomic E-state index is -0.198. The molecule has 96 valence electrons. The molecule has 1 atom stereocenters. The van der Waals surface area contributed by atoms with Gasteiger partial charge in [0.15, 0.2) is 0 Å². The quantitative estimate of drug-likeness (QED) is 0.529. The van der Waals surface area contributed by atoms with E-state index in [1.165, 1.54) is 10.8 Å². The van der Waals surface area contributed by atoms with Gasteiger partial charge in [-0.1, -0.05) is 35.6 Å². The summed E-state index contributed by atoms with van der Waals surface area (Å²) in [6, 6.07) is 10.3. The molecule has 0 bridgehead atoms. The van der Waals surface area contributed by atoms with Gasteiger partial charge in [0.2, 0.25) is 0 Å². The van der Waals surface area contributed by atoms with Gasteiger partial charge in [-0.15, -0.1) is 0 Å². The van der Waals surface area contributed by atoms with Crippen molar-refractivity contribution >= 4 is 10.2 Å². The highest BCUT2D eigenvalue weighted by molar-refractivity contribution is 6.14. The predicted octanol–water partition coefficient (Wildman–Crippen LogP) is 0.666. The van der Waals surface area contributed by atoms with E-state index in [0.717, 1.165) is 16.7 Å². The van der Waals surface area contributed by atoms with Crippen molar-refractivity contribution in [1.82, 2.24) is 5.23 Å². The van der Waals surface area contributed by atoms with Crippen molar-refractivity contribution in [2.75, 3.05) is 27.9 Å². The summed E-state index contributed by atoms with van der Waals surface area (Å²) in [6.07, 6.45) is 0.835. The summed E-state index contributed by atoms with van der Waals surface area (Å²) in [5.41, 5.74) is 1.21. The molecule has 0 aliphatic heterocycles. The summed E-state index contributed by atoms with van der Waals surface area (Å²) in [4.78, 5) is 10.1. The Labute approximate surface area is 106 Å². The number of hydrogen-bond donors (Lipinski definition) is 0. The summed E-state index contributed by atoms with van der Waals surface area (Å²) in [7, 11) is 5.84. The SMILES string of the molecule is CON(CCC([SiH3])(OC)c1ccccc1)OC. The van der Waals surface area contributed by atoms with Crippen LogP contribution in [0.25, 0.3) is 0 Å². The second-order valence-electron chi connectivity index (χ2n) is 3.97. The van der Waals surface area contributed by atoms with E-state index < -0.39 is 0 Å². The first-order valence-corrected chi connectivity index (χ1v) is 6.62. The van der Waals surface area contributed by atoms with Crippen LogP contribution in [0.3, 0.4) is 0 Å². The number of nitrogens with zero attached hydrogens (tertiary/aromatic N) is 1. The number of rotatable bonds is 7. The average Bonchev–Trinajstić information content (AvgIpc) is 2.40. The van der Waals surface area contributed by atoms with E-state index in [9.17, 15) is 0 Å². The highest BCUT2D eigenvalue weighted by Gasteiger charge is 2.26. The van der Waals surface area contributed by atoms with Crippen LogP contribution < -0.4 is 0 Å². The second kappa shape index (κ2) is 6.88. The second-order valence-corrected chi connectivity index (χ2v) is 5.59. The van der Waals surface area contributed by atoms with Crippen LogP contribution in [0.2, 0.25) is 0 Å². The monoisotopic (exact) mass is 255 g/mol. The van der Waals surface area contributed by atoms with Crippen LogP contribution in [0.1, 0.15) is 12.0 Å². The Kier molecular flexibility index (Phi) is 5.80. The van der Waals surface area contributed by atoms with E-state index in [2.05, 4.69) is 12.1 Å². The van der Waals surface area contributed by atoms with Crippen molar-refractivity contribution in [1.29, 1.82) is 0 Å². The highest BCUT2D eigenvalue weighted by Crippen LogP contribution is 2.25. The standard InChI is InChI=1S/C12H21NO3Si/c1-14-12(17,9-10-13(15-2)16-3)11-7-5-4-6-8-11/h4-8H,9-10H2,1-3,17H3. The lowest BCUT2D eigenvalue weighted by atomic mass is 10.1. The number of hydroxylamine groups is 2. The number of hydrogen-bond acceptors (Lipinski definition) is 4. The Morgan fingerprint density at radius 3 is 2.18 bits per heavy atom. The molecule has 0 fully saturated rings. The fraction of sp³-hybridized carbons (Fsp3) is 0.500. The lowest BCUT2D eigenvalue weighted by Gasteiger charge is -2.30. The molecule has 0 N–H and O–H groups in total.